The summed E-state index contributed by atoms with van der Waals surface area (Å²) in [5.41, 5.74) is 2.18. The number of benzene rings is 2. The number of carbonyl (C=O) groups excluding carboxylic acids is 1. The number of nitrogens with zero attached hydrogens (tertiary/aromatic N) is 1. The van der Waals surface area contributed by atoms with E-state index in [9.17, 15) is 4.79 Å². The topological polar surface area (TPSA) is 32.3 Å². The van der Waals surface area contributed by atoms with Gasteiger partial charge in [0.2, 0.25) is 5.91 Å². The molecule has 1 heterocycles. The van der Waals surface area contributed by atoms with Gasteiger partial charge in [0.25, 0.3) is 0 Å². The van der Waals surface area contributed by atoms with Gasteiger partial charge in [0.15, 0.2) is 0 Å². The first-order chi connectivity index (χ1) is 13.2. The van der Waals surface area contributed by atoms with Gasteiger partial charge >= 0.3 is 0 Å². The molecule has 2 aromatic carbocycles. The van der Waals surface area contributed by atoms with Crippen LogP contribution in [0, 0.1) is 0 Å². The van der Waals surface area contributed by atoms with E-state index < -0.39 is 0 Å². The van der Waals surface area contributed by atoms with Gasteiger partial charge in [-0.2, -0.15) is 0 Å². The van der Waals surface area contributed by atoms with E-state index in [1.165, 1.54) is 4.88 Å². The zero-order chi connectivity index (χ0) is 19.1. The Labute approximate surface area is 165 Å². The number of likely N-dealkylation sites (N-methyl/N-ethyl adjacent to an activating group) is 1. The molecule has 1 aromatic heterocycles. The smallest absolute Gasteiger partial charge is 0.237 e. The molecule has 3 nitrogen and oxygen atoms in total. The van der Waals surface area contributed by atoms with Crippen LogP contribution in [0.5, 0.6) is 0 Å². The highest BCUT2D eigenvalue weighted by molar-refractivity contribution is 7.09. The van der Waals surface area contributed by atoms with E-state index in [2.05, 4.69) is 58.9 Å². The van der Waals surface area contributed by atoms with Crippen LogP contribution < -0.4 is 5.32 Å². The minimum absolute atomic E-state index is 0.0473. The zero-order valence-corrected chi connectivity index (χ0v) is 16.7. The summed E-state index contributed by atoms with van der Waals surface area (Å²) < 4.78 is 0. The summed E-state index contributed by atoms with van der Waals surface area (Å²) in [5.74, 6) is 0.0473. The van der Waals surface area contributed by atoms with E-state index in [0.29, 0.717) is 0 Å². The quantitative estimate of drug-likeness (QED) is 0.607. The number of thiophene rings is 1. The minimum Gasteiger partial charge on any atom is -0.344 e. The van der Waals surface area contributed by atoms with Crippen molar-refractivity contribution in [3.05, 3.63) is 94.2 Å². The number of nitrogens with one attached hydrogen (secondary N) is 1. The molecule has 0 unspecified atom stereocenters. The first-order valence-corrected chi connectivity index (χ1v) is 10.2. The van der Waals surface area contributed by atoms with Gasteiger partial charge in [-0.25, -0.2) is 0 Å². The summed E-state index contributed by atoms with van der Waals surface area (Å²) in [6.07, 6.45) is 0. The van der Waals surface area contributed by atoms with E-state index in [1.807, 2.05) is 43.3 Å². The lowest BCUT2D eigenvalue weighted by Gasteiger charge is -2.29. The van der Waals surface area contributed by atoms with Crippen LogP contribution in [0.2, 0.25) is 0 Å². The average Bonchev–Trinajstić information content (AvgIpc) is 3.24. The van der Waals surface area contributed by atoms with Gasteiger partial charge < -0.3 is 5.32 Å². The van der Waals surface area contributed by atoms with Crippen molar-refractivity contribution in [2.75, 3.05) is 6.54 Å². The lowest BCUT2D eigenvalue weighted by Crippen LogP contribution is -2.45. The number of amides is 1. The Balaban J connectivity index is 1.77. The summed E-state index contributed by atoms with van der Waals surface area (Å²) in [7, 11) is 0. The molecule has 27 heavy (non-hydrogen) atoms. The molecule has 3 rings (SSSR count). The lowest BCUT2D eigenvalue weighted by atomic mass is 9.98. The van der Waals surface area contributed by atoms with Gasteiger partial charge in [0.1, 0.15) is 0 Å². The molecule has 1 amide bonds. The van der Waals surface area contributed by atoms with Crippen LogP contribution in [0.4, 0.5) is 0 Å². The molecule has 0 radical (unpaired) electrons. The molecule has 0 bridgehead atoms. The number of hydrogen-bond acceptors (Lipinski definition) is 3. The molecule has 0 saturated heterocycles. The fourth-order valence-electron chi connectivity index (χ4n) is 3.20. The molecular weight excluding hydrogens is 352 g/mol. The van der Waals surface area contributed by atoms with Crippen LogP contribution in [-0.2, 0) is 11.3 Å². The molecule has 0 aliphatic heterocycles. The molecule has 0 aliphatic carbocycles. The van der Waals surface area contributed by atoms with Crippen molar-refractivity contribution in [2.45, 2.75) is 32.5 Å². The van der Waals surface area contributed by atoms with E-state index in [4.69, 9.17) is 0 Å². The Morgan fingerprint density at radius 3 is 2.04 bits per heavy atom. The van der Waals surface area contributed by atoms with E-state index in [0.717, 1.165) is 24.2 Å². The predicted molar refractivity (Wildman–Crippen MR) is 113 cm³/mol. The monoisotopic (exact) mass is 378 g/mol. The van der Waals surface area contributed by atoms with E-state index >= 15 is 0 Å². The molecular formula is C23H26N2OS. The summed E-state index contributed by atoms with van der Waals surface area (Å²) in [6.45, 7) is 5.71. The van der Waals surface area contributed by atoms with Crippen LogP contribution in [0.25, 0.3) is 0 Å². The summed E-state index contributed by atoms with van der Waals surface area (Å²) in [5, 5.41) is 5.34. The Kier molecular flexibility index (Phi) is 6.80. The van der Waals surface area contributed by atoms with Crippen LogP contribution in [-0.4, -0.2) is 23.4 Å². The second-order valence-corrected chi connectivity index (χ2v) is 7.61. The van der Waals surface area contributed by atoms with Gasteiger partial charge in [0, 0.05) is 11.4 Å². The maximum Gasteiger partial charge on any atom is 0.237 e. The Hall–Kier alpha value is -2.43. The molecule has 1 N–H and O–H groups in total. The fraction of sp³-hybridized carbons (Fsp3) is 0.261. The van der Waals surface area contributed by atoms with Gasteiger partial charge in [-0.3, -0.25) is 9.69 Å². The van der Waals surface area contributed by atoms with Crippen molar-refractivity contribution in [2.24, 2.45) is 0 Å². The third-order valence-electron chi connectivity index (χ3n) is 4.82. The number of hydrogen-bond donors (Lipinski definition) is 1. The molecule has 0 spiro atoms. The number of carbonyl (C=O) groups is 1. The van der Waals surface area contributed by atoms with Crippen molar-refractivity contribution in [1.82, 2.24) is 10.2 Å². The third-order valence-corrected chi connectivity index (χ3v) is 5.69. The van der Waals surface area contributed by atoms with E-state index in [1.54, 1.807) is 11.3 Å². The summed E-state index contributed by atoms with van der Waals surface area (Å²) >= 11 is 1.73. The first-order valence-electron chi connectivity index (χ1n) is 9.35. The highest BCUT2D eigenvalue weighted by Crippen LogP contribution is 2.22. The highest BCUT2D eigenvalue weighted by atomic mass is 32.1. The predicted octanol–water partition coefficient (Wildman–Crippen LogP) is 4.86. The van der Waals surface area contributed by atoms with Crippen LogP contribution >= 0.6 is 11.3 Å². The fourth-order valence-corrected chi connectivity index (χ4v) is 3.93. The van der Waals surface area contributed by atoms with Crippen molar-refractivity contribution >= 4 is 17.2 Å². The Morgan fingerprint density at radius 2 is 1.56 bits per heavy atom. The summed E-state index contributed by atoms with van der Waals surface area (Å²) in [4.78, 5) is 16.6. The van der Waals surface area contributed by atoms with Crippen LogP contribution in [0.1, 0.15) is 35.9 Å². The van der Waals surface area contributed by atoms with Crippen molar-refractivity contribution in [3.8, 4) is 0 Å². The zero-order valence-electron chi connectivity index (χ0n) is 15.8. The molecule has 0 fully saturated rings. The molecule has 0 saturated carbocycles. The SMILES string of the molecule is CCN(Cc1cccs1)[C@H](C)C(=O)NC(c1ccccc1)c1ccccc1. The standard InChI is InChI=1S/C23H26N2OS/c1-3-25(17-21-15-10-16-27-21)18(2)23(26)24-22(19-11-6-4-7-12-19)20-13-8-5-9-14-20/h4-16,18,22H,3,17H2,1-2H3,(H,24,26)/t18-/m1/s1. The number of rotatable bonds is 8. The van der Waals surface area contributed by atoms with Crippen molar-refractivity contribution < 1.29 is 4.79 Å². The normalized spacial score (nSPS) is 12.3. The molecule has 1 atom stereocenters. The maximum absolute atomic E-state index is 13.1. The maximum atomic E-state index is 13.1. The second-order valence-electron chi connectivity index (χ2n) is 6.58. The van der Waals surface area contributed by atoms with Crippen LogP contribution in [0.15, 0.2) is 78.2 Å². The second kappa shape index (κ2) is 9.49. The van der Waals surface area contributed by atoms with Crippen molar-refractivity contribution in [3.63, 3.8) is 0 Å². The first kappa shape index (κ1) is 19.3. The minimum atomic E-state index is -0.202. The molecule has 3 aromatic rings. The van der Waals surface area contributed by atoms with Gasteiger partial charge in [-0.15, -0.1) is 11.3 Å². The van der Waals surface area contributed by atoms with Gasteiger partial charge in [0.05, 0.1) is 12.1 Å². The molecule has 0 aliphatic rings. The van der Waals surface area contributed by atoms with E-state index in [-0.39, 0.29) is 18.0 Å². The summed E-state index contributed by atoms with van der Waals surface area (Å²) in [6, 6.07) is 24.1. The Morgan fingerprint density at radius 1 is 0.963 bits per heavy atom. The third kappa shape index (κ3) is 5.06. The van der Waals surface area contributed by atoms with Gasteiger partial charge in [-0.05, 0) is 36.0 Å². The Bertz CT molecular complexity index is 779. The lowest BCUT2D eigenvalue weighted by molar-refractivity contribution is -0.126. The average molecular weight is 379 g/mol. The largest absolute Gasteiger partial charge is 0.344 e. The molecule has 140 valence electrons. The van der Waals surface area contributed by atoms with Gasteiger partial charge in [-0.1, -0.05) is 73.7 Å². The van der Waals surface area contributed by atoms with Crippen LogP contribution in [0.3, 0.4) is 0 Å². The molecule has 4 heteroatoms. The van der Waals surface area contributed by atoms with Crippen molar-refractivity contribution in [1.29, 1.82) is 0 Å². The highest BCUT2D eigenvalue weighted by Gasteiger charge is 2.24.